The van der Waals surface area contributed by atoms with Crippen LogP contribution in [-0.2, 0) is 9.53 Å². The van der Waals surface area contributed by atoms with Crippen LogP contribution in [0, 0.1) is 16.7 Å². The van der Waals surface area contributed by atoms with E-state index in [1.807, 2.05) is 0 Å². The topological polar surface area (TPSA) is 26.3 Å². The third-order valence-electron chi connectivity index (χ3n) is 5.31. The summed E-state index contributed by atoms with van der Waals surface area (Å²) in [6.07, 6.45) is 3.58. The summed E-state index contributed by atoms with van der Waals surface area (Å²) in [7, 11) is 0. The van der Waals surface area contributed by atoms with E-state index in [0.717, 1.165) is 6.42 Å². The minimum Gasteiger partial charge on any atom is -0.458 e. The Morgan fingerprint density at radius 2 is 2.00 bits per heavy atom. The van der Waals surface area contributed by atoms with E-state index in [9.17, 15) is 4.79 Å². The maximum atomic E-state index is 11.6. The van der Waals surface area contributed by atoms with Gasteiger partial charge in [0, 0.05) is 11.0 Å². The van der Waals surface area contributed by atoms with E-state index in [4.69, 9.17) is 4.74 Å². The van der Waals surface area contributed by atoms with Crippen molar-refractivity contribution in [2.45, 2.75) is 53.1 Å². The quantitative estimate of drug-likeness (QED) is 0.529. The first-order valence-corrected chi connectivity index (χ1v) is 6.15. The third-order valence-corrected chi connectivity index (χ3v) is 5.31. The van der Waals surface area contributed by atoms with E-state index in [-0.39, 0.29) is 17.5 Å². The Hall–Kier alpha value is -0.790. The molecule has 16 heavy (non-hydrogen) atoms. The highest BCUT2D eigenvalue weighted by Gasteiger charge is 2.62. The van der Waals surface area contributed by atoms with E-state index in [1.165, 1.54) is 12.8 Å². The fraction of sp³-hybridized carbons (Fsp3) is 0.786. The molecule has 2 nitrogen and oxygen atoms in total. The smallest absolute Gasteiger partial charge is 0.333 e. The van der Waals surface area contributed by atoms with Gasteiger partial charge in [-0.25, -0.2) is 4.79 Å². The number of fused-ring (bicyclic) bond motifs is 2. The van der Waals surface area contributed by atoms with Crippen molar-refractivity contribution in [3.63, 3.8) is 0 Å². The molecule has 2 rings (SSSR count). The van der Waals surface area contributed by atoms with Gasteiger partial charge in [0.1, 0.15) is 6.10 Å². The summed E-state index contributed by atoms with van der Waals surface area (Å²) in [5.74, 6) is 0.481. The molecule has 0 radical (unpaired) electrons. The number of hydrogen-bond donors (Lipinski definition) is 0. The fourth-order valence-corrected chi connectivity index (χ4v) is 3.54. The van der Waals surface area contributed by atoms with Gasteiger partial charge in [-0.2, -0.15) is 0 Å². The van der Waals surface area contributed by atoms with Crippen molar-refractivity contribution in [1.29, 1.82) is 0 Å². The molecule has 3 atom stereocenters. The second-order valence-electron chi connectivity index (χ2n) is 6.28. The first kappa shape index (κ1) is 11.7. The van der Waals surface area contributed by atoms with Crippen LogP contribution in [0.1, 0.15) is 47.0 Å². The van der Waals surface area contributed by atoms with Crippen molar-refractivity contribution >= 4 is 5.97 Å². The van der Waals surface area contributed by atoms with Crippen LogP contribution in [0.5, 0.6) is 0 Å². The van der Waals surface area contributed by atoms with Crippen LogP contribution in [0.3, 0.4) is 0 Å². The van der Waals surface area contributed by atoms with Crippen molar-refractivity contribution in [2.24, 2.45) is 16.7 Å². The maximum absolute atomic E-state index is 11.6. The number of carbonyl (C=O) groups is 1. The number of hydrogen-bond acceptors (Lipinski definition) is 2. The fourth-order valence-electron chi connectivity index (χ4n) is 3.54. The van der Waals surface area contributed by atoms with Crippen molar-refractivity contribution in [3.05, 3.63) is 12.2 Å². The molecule has 2 heteroatoms. The van der Waals surface area contributed by atoms with Gasteiger partial charge in [0.05, 0.1) is 0 Å². The largest absolute Gasteiger partial charge is 0.458 e. The third kappa shape index (κ3) is 1.35. The van der Waals surface area contributed by atoms with Crippen molar-refractivity contribution in [2.75, 3.05) is 0 Å². The van der Waals surface area contributed by atoms with Gasteiger partial charge in [-0.3, -0.25) is 0 Å². The van der Waals surface area contributed by atoms with Gasteiger partial charge >= 0.3 is 5.97 Å². The number of rotatable bonds is 2. The summed E-state index contributed by atoms with van der Waals surface area (Å²) >= 11 is 0. The van der Waals surface area contributed by atoms with E-state index >= 15 is 0 Å². The monoisotopic (exact) mass is 222 g/mol. The van der Waals surface area contributed by atoms with Gasteiger partial charge in [0.25, 0.3) is 0 Å². The number of ether oxygens (including phenoxy) is 1. The molecule has 0 aromatic carbocycles. The molecule has 2 bridgehead atoms. The average molecular weight is 222 g/mol. The molecule has 90 valence electrons. The van der Waals surface area contributed by atoms with E-state index in [1.54, 1.807) is 6.92 Å². The van der Waals surface area contributed by atoms with Crippen molar-refractivity contribution < 1.29 is 9.53 Å². The van der Waals surface area contributed by atoms with E-state index in [2.05, 4.69) is 27.4 Å². The van der Waals surface area contributed by atoms with Gasteiger partial charge < -0.3 is 4.74 Å². The molecule has 0 saturated heterocycles. The van der Waals surface area contributed by atoms with Crippen molar-refractivity contribution in [3.8, 4) is 0 Å². The molecule has 2 saturated carbocycles. The molecule has 0 N–H and O–H groups in total. The van der Waals surface area contributed by atoms with Crippen LogP contribution < -0.4 is 0 Å². The Morgan fingerprint density at radius 3 is 2.38 bits per heavy atom. The molecule has 0 aliphatic heterocycles. The lowest BCUT2D eigenvalue weighted by Gasteiger charge is -2.38. The predicted octanol–water partition coefficient (Wildman–Crippen LogP) is 3.32. The lowest BCUT2D eigenvalue weighted by atomic mass is 9.70. The molecule has 1 unspecified atom stereocenters. The van der Waals surface area contributed by atoms with Crippen LogP contribution >= 0.6 is 0 Å². The second-order valence-corrected chi connectivity index (χ2v) is 6.28. The average Bonchev–Trinajstić information content (AvgIpc) is 2.50. The summed E-state index contributed by atoms with van der Waals surface area (Å²) in [5, 5.41) is 0. The van der Waals surface area contributed by atoms with Gasteiger partial charge in [-0.05, 0) is 37.5 Å². The summed E-state index contributed by atoms with van der Waals surface area (Å²) in [5.41, 5.74) is 0.958. The van der Waals surface area contributed by atoms with Gasteiger partial charge in [0.2, 0.25) is 0 Å². The SMILES string of the molecule is C=C(C)C(=O)OC1C[C@@H]2CC[C@@]1(C)C2(C)C. The summed E-state index contributed by atoms with van der Waals surface area (Å²) in [6, 6.07) is 0. The normalized spacial score (nSPS) is 39.8. The Labute approximate surface area is 98.1 Å². The molecule has 0 spiro atoms. The van der Waals surface area contributed by atoms with Gasteiger partial charge in [0.15, 0.2) is 0 Å². The molecule has 0 aromatic heterocycles. The highest BCUT2D eigenvalue weighted by molar-refractivity contribution is 5.87. The predicted molar refractivity (Wildman–Crippen MR) is 63.9 cm³/mol. The minimum absolute atomic E-state index is 0.0884. The van der Waals surface area contributed by atoms with Crippen LogP contribution in [0.2, 0.25) is 0 Å². The molecule has 2 aliphatic rings. The zero-order valence-electron chi connectivity index (χ0n) is 10.8. The van der Waals surface area contributed by atoms with Crippen LogP contribution in [0.4, 0.5) is 0 Å². The summed E-state index contributed by atoms with van der Waals surface area (Å²) < 4.78 is 5.61. The zero-order chi connectivity index (χ0) is 12.1. The molecular formula is C14H22O2. The minimum atomic E-state index is -0.227. The number of esters is 1. The molecule has 0 amide bonds. The standard InChI is InChI=1S/C14H22O2/c1-9(2)12(15)16-11-8-10-6-7-14(11,5)13(10,3)4/h10-11H,1,6-8H2,2-5H3/t10-,11?,14+/m0/s1. The Kier molecular flexibility index (Phi) is 2.45. The van der Waals surface area contributed by atoms with Crippen molar-refractivity contribution in [1.82, 2.24) is 0 Å². The highest BCUT2D eigenvalue weighted by atomic mass is 16.5. The maximum Gasteiger partial charge on any atom is 0.333 e. The molecule has 2 fully saturated rings. The number of carbonyl (C=O) groups excluding carboxylic acids is 1. The molecular weight excluding hydrogens is 200 g/mol. The van der Waals surface area contributed by atoms with Crippen LogP contribution in [-0.4, -0.2) is 12.1 Å². The summed E-state index contributed by atoms with van der Waals surface area (Å²) in [6.45, 7) is 12.3. The lowest BCUT2D eigenvalue weighted by molar-refractivity contribution is -0.151. The van der Waals surface area contributed by atoms with Crippen LogP contribution in [0.25, 0.3) is 0 Å². The van der Waals surface area contributed by atoms with Crippen LogP contribution in [0.15, 0.2) is 12.2 Å². The first-order chi connectivity index (χ1) is 7.29. The molecule has 2 aliphatic carbocycles. The molecule has 0 heterocycles. The Bertz CT molecular complexity index is 343. The first-order valence-electron chi connectivity index (χ1n) is 6.15. The Balaban J connectivity index is 2.16. The Morgan fingerprint density at radius 1 is 1.38 bits per heavy atom. The zero-order valence-corrected chi connectivity index (χ0v) is 10.8. The molecule has 0 aromatic rings. The van der Waals surface area contributed by atoms with Gasteiger partial charge in [-0.15, -0.1) is 0 Å². The van der Waals surface area contributed by atoms with E-state index in [0.29, 0.717) is 16.9 Å². The lowest BCUT2D eigenvalue weighted by Crippen LogP contribution is -2.38. The van der Waals surface area contributed by atoms with E-state index < -0.39 is 0 Å². The van der Waals surface area contributed by atoms with Gasteiger partial charge in [-0.1, -0.05) is 27.4 Å². The summed E-state index contributed by atoms with van der Waals surface area (Å²) in [4.78, 5) is 11.6. The highest BCUT2D eigenvalue weighted by Crippen LogP contribution is 2.66. The second kappa shape index (κ2) is 3.35.